The molecule has 0 radical (unpaired) electrons. The first-order valence-corrected chi connectivity index (χ1v) is 12.0. The number of H-pyrrole nitrogens is 1. The number of carbonyl (C=O) groups is 1. The predicted molar refractivity (Wildman–Crippen MR) is 131 cm³/mol. The summed E-state index contributed by atoms with van der Waals surface area (Å²) in [6.45, 7) is 0.512. The number of benzene rings is 1. The maximum absolute atomic E-state index is 13.8. The summed E-state index contributed by atoms with van der Waals surface area (Å²) in [6, 6.07) is 7.98. The number of fused-ring (bicyclic) bond motifs is 4. The zero-order chi connectivity index (χ0) is 24.8. The van der Waals surface area contributed by atoms with Gasteiger partial charge in [-0.25, -0.2) is 14.2 Å². The van der Waals surface area contributed by atoms with E-state index < -0.39 is 5.63 Å². The van der Waals surface area contributed by atoms with Crippen LogP contribution in [0.1, 0.15) is 31.4 Å². The number of methoxy groups -OCH3 is 1. The molecule has 0 saturated heterocycles. The normalized spacial score (nSPS) is 19.9. The van der Waals surface area contributed by atoms with Crippen LogP contribution in [0.4, 0.5) is 10.1 Å². The van der Waals surface area contributed by atoms with Gasteiger partial charge in [0.1, 0.15) is 22.8 Å². The summed E-state index contributed by atoms with van der Waals surface area (Å²) in [5.74, 6) is 0.565. The summed E-state index contributed by atoms with van der Waals surface area (Å²) >= 11 is 0. The topological polar surface area (TPSA) is 110 Å². The quantitative estimate of drug-likeness (QED) is 0.409. The van der Waals surface area contributed by atoms with Crippen LogP contribution in [0.15, 0.2) is 45.7 Å². The number of anilines is 1. The molecular formula is C26H25FN4O5. The fourth-order valence-electron chi connectivity index (χ4n) is 5.26. The van der Waals surface area contributed by atoms with Crippen molar-refractivity contribution in [3.05, 3.63) is 58.5 Å². The molecule has 36 heavy (non-hydrogen) atoms. The van der Waals surface area contributed by atoms with E-state index in [1.54, 1.807) is 25.4 Å². The van der Waals surface area contributed by atoms with Gasteiger partial charge in [-0.15, -0.1) is 0 Å². The van der Waals surface area contributed by atoms with Crippen molar-refractivity contribution >= 4 is 33.5 Å². The van der Waals surface area contributed by atoms with Crippen LogP contribution in [0.5, 0.6) is 11.6 Å². The largest absolute Gasteiger partial charge is 0.495 e. The Bertz CT molecular complexity index is 1520. The van der Waals surface area contributed by atoms with Gasteiger partial charge in [-0.1, -0.05) is 0 Å². The highest BCUT2D eigenvalue weighted by Crippen LogP contribution is 2.37. The van der Waals surface area contributed by atoms with E-state index in [0.29, 0.717) is 45.7 Å². The Labute approximate surface area is 205 Å². The minimum Gasteiger partial charge on any atom is -0.495 e. The summed E-state index contributed by atoms with van der Waals surface area (Å²) in [4.78, 5) is 34.5. The van der Waals surface area contributed by atoms with E-state index in [1.807, 2.05) is 4.90 Å². The van der Waals surface area contributed by atoms with E-state index in [9.17, 15) is 14.0 Å². The minimum atomic E-state index is -0.450. The number of hydrogen-bond acceptors (Lipinski definition) is 7. The first kappa shape index (κ1) is 22.5. The average Bonchev–Trinajstić information content (AvgIpc) is 3.33. The second kappa shape index (κ2) is 8.94. The maximum Gasteiger partial charge on any atom is 0.345 e. The summed E-state index contributed by atoms with van der Waals surface area (Å²) in [6.07, 6.45) is 5.03. The molecule has 0 spiro atoms. The molecule has 1 saturated carbocycles. The van der Waals surface area contributed by atoms with Gasteiger partial charge in [0.05, 0.1) is 24.2 Å². The number of aromatic amines is 1. The molecule has 2 N–H and O–H groups in total. The van der Waals surface area contributed by atoms with E-state index in [1.165, 1.54) is 18.2 Å². The zero-order valence-electron chi connectivity index (χ0n) is 19.7. The van der Waals surface area contributed by atoms with E-state index in [2.05, 4.69) is 15.3 Å². The van der Waals surface area contributed by atoms with Gasteiger partial charge in [0.15, 0.2) is 6.61 Å². The number of pyridine rings is 1. The highest BCUT2D eigenvalue weighted by atomic mass is 19.1. The third kappa shape index (κ3) is 3.97. The van der Waals surface area contributed by atoms with Gasteiger partial charge in [-0.3, -0.25) is 4.79 Å². The Morgan fingerprint density at radius 2 is 2.00 bits per heavy atom. The molecule has 4 aromatic rings. The molecule has 10 heteroatoms. The van der Waals surface area contributed by atoms with Crippen LogP contribution in [-0.2, 0) is 11.3 Å². The second-order valence-electron chi connectivity index (χ2n) is 9.25. The summed E-state index contributed by atoms with van der Waals surface area (Å²) < 4.78 is 29.9. The van der Waals surface area contributed by atoms with Crippen LogP contribution >= 0.6 is 0 Å². The van der Waals surface area contributed by atoms with E-state index >= 15 is 0 Å². The number of amides is 1. The lowest BCUT2D eigenvalue weighted by atomic mass is 9.89. The van der Waals surface area contributed by atoms with Crippen molar-refractivity contribution in [1.29, 1.82) is 0 Å². The second-order valence-corrected chi connectivity index (χ2v) is 9.25. The van der Waals surface area contributed by atoms with Crippen LogP contribution in [-0.4, -0.2) is 41.7 Å². The molecule has 0 bridgehead atoms. The van der Waals surface area contributed by atoms with Gasteiger partial charge < -0.3 is 29.1 Å². The van der Waals surface area contributed by atoms with Crippen LogP contribution in [0.3, 0.4) is 0 Å². The van der Waals surface area contributed by atoms with Gasteiger partial charge in [-0.2, -0.15) is 0 Å². The van der Waals surface area contributed by atoms with E-state index in [4.69, 9.17) is 13.9 Å². The molecule has 4 heterocycles. The SMILES string of the molecule is COc1cnc2c(c1)N([C@H]1CC[C@H](NCc3cc4c(=O)oc5ccc(F)cc5c4[nH]3)CC1)C(=O)CO2. The van der Waals surface area contributed by atoms with E-state index in [0.717, 1.165) is 31.4 Å². The Morgan fingerprint density at radius 1 is 1.17 bits per heavy atom. The van der Waals surface area contributed by atoms with Crippen molar-refractivity contribution < 1.29 is 23.1 Å². The first-order valence-electron chi connectivity index (χ1n) is 12.0. The third-order valence-electron chi connectivity index (χ3n) is 7.05. The van der Waals surface area contributed by atoms with Crippen LogP contribution in [0.25, 0.3) is 21.9 Å². The lowest BCUT2D eigenvalue weighted by Gasteiger charge is -2.39. The predicted octanol–water partition coefficient (Wildman–Crippen LogP) is 3.64. The fraction of sp³-hybridized carbons (Fsp3) is 0.346. The van der Waals surface area contributed by atoms with Gasteiger partial charge in [-0.05, 0) is 49.9 Å². The molecule has 2 aliphatic rings. The molecule has 0 atom stereocenters. The molecule has 0 unspecified atom stereocenters. The van der Waals surface area contributed by atoms with Gasteiger partial charge in [0, 0.05) is 35.8 Å². The molecule has 1 aliphatic heterocycles. The number of rotatable bonds is 5. The highest BCUT2D eigenvalue weighted by molar-refractivity contribution is 6.02. The Morgan fingerprint density at radius 3 is 2.81 bits per heavy atom. The lowest BCUT2D eigenvalue weighted by Crippen LogP contribution is -2.49. The van der Waals surface area contributed by atoms with Crippen molar-refractivity contribution in [2.45, 2.75) is 44.3 Å². The summed E-state index contributed by atoms with van der Waals surface area (Å²) in [7, 11) is 1.57. The number of aromatic nitrogens is 2. The Hall–Kier alpha value is -3.92. The number of nitrogens with one attached hydrogen (secondary N) is 2. The van der Waals surface area contributed by atoms with E-state index in [-0.39, 0.29) is 30.4 Å². The molecular weight excluding hydrogens is 467 g/mol. The molecule has 1 fully saturated rings. The molecule has 6 rings (SSSR count). The molecule has 1 amide bonds. The number of ether oxygens (including phenoxy) is 2. The number of nitrogens with zero attached hydrogens (tertiary/aromatic N) is 2. The van der Waals surface area contributed by atoms with Crippen LogP contribution in [0, 0.1) is 5.82 Å². The summed E-state index contributed by atoms with van der Waals surface area (Å²) in [5, 5.41) is 4.50. The molecule has 1 aromatic carbocycles. The fourth-order valence-corrected chi connectivity index (χ4v) is 5.26. The van der Waals surface area contributed by atoms with Crippen molar-refractivity contribution in [1.82, 2.24) is 15.3 Å². The Kier molecular flexibility index (Phi) is 5.60. The number of carbonyl (C=O) groups excluding carboxylic acids is 1. The van der Waals surface area contributed by atoms with Gasteiger partial charge in [0.2, 0.25) is 5.88 Å². The average molecular weight is 493 g/mol. The van der Waals surface area contributed by atoms with Crippen molar-refractivity contribution in [3.8, 4) is 11.6 Å². The standard InChI is InChI=1S/C26H25FN4O5/c1-34-18-10-21-25(29-12-18)35-13-23(32)31(21)17-5-3-15(4-6-17)28-11-16-9-20-24(30-16)19-8-14(27)2-7-22(19)36-26(20)33/h2,7-10,12,15,17,28,30H,3-6,11,13H2,1H3/t15-,17-. The third-order valence-corrected chi connectivity index (χ3v) is 7.05. The zero-order valence-corrected chi connectivity index (χ0v) is 19.7. The smallest absolute Gasteiger partial charge is 0.345 e. The molecule has 3 aromatic heterocycles. The number of hydrogen-bond donors (Lipinski definition) is 2. The molecule has 1 aliphatic carbocycles. The number of halogens is 1. The first-order chi connectivity index (χ1) is 17.5. The van der Waals surface area contributed by atoms with Crippen LogP contribution in [0.2, 0.25) is 0 Å². The summed E-state index contributed by atoms with van der Waals surface area (Å²) in [5.41, 5.74) is 1.96. The van der Waals surface area contributed by atoms with Crippen molar-refractivity contribution in [2.24, 2.45) is 0 Å². The Balaban J connectivity index is 1.14. The maximum atomic E-state index is 13.8. The molecule has 186 valence electrons. The molecule has 9 nitrogen and oxygen atoms in total. The minimum absolute atomic E-state index is 0.0164. The van der Waals surface area contributed by atoms with Gasteiger partial charge >= 0.3 is 5.63 Å². The van der Waals surface area contributed by atoms with Crippen molar-refractivity contribution in [3.63, 3.8) is 0 Å². The van der Waals surface area contributed by atoms with Gasteiger partial charge in [0.25, 0.3) is 5.91 Å². The van der Waals surface area contributed by atoms with Crippen LogP contribution < -0.4 is 25.3 Å². The highest BCUT2D eigenvalue weighted by Gasteiger charge is 2.35. The van der Waals surface area contributed by atoms with Crippen molar-refractivity contribution in [2.75, 3.05) is 18.6 Å². The lowest BCUT2D eigenvalue weighted by molar-refractivity contribution is -0.122. The monoisotopic (exact) mass is 492 g/mol.